The van der Waals surface area contributed by atoms with Crippen molar-refractivity contribution >= 4 is 11.8 Å². The van der Waals surface area contributed by atoms with Crippen LogP contribution < -0.4 is 16.4 Å². The highest BCUT2D eigenvalue weighted by atomic mass is 16.2. The number of nitrogens with two attached hydrogens (primary N) is 1. The smallest absolute Gasteiger partial charge is 0.251 e. The molecule has 0 aromatic heterocycles. The zero-order chi connectivity index (χ0) is 16.7. The van der Waals surface area contributed by atoms with Gasteiger partial charge in [-0.1, -0.05) is 31.5 Å². The molecule has 22 heavy (non-hydrogen) atoms. The molecule has 0 aliphatic heterocycles. The van der Waals surface area contributed by atoms with Crippen molar-refractivity contribution in [1.29, 1.82) is 0 Å². The topological polar surface area (TPSA) is 84.2 Å². The Balaban J connectivity index is 2.67. The van der Waals surface area contributed by atoms with Crippen molar-refractivity contribution < 1.29 is 9.59 Å². The van der Waals surface area contributed by atoms with Crippen LogP contribution in [0.15, 0.2) is 24.3 Å². The number of rotatable bonds is 7. The molecular weight excluding hydrogens is 278 g/mol. The molecule has 0 saturated carbocycles. The molecule has 0 spiro atoms. The Morgan fingerprint density at radius 3 is 2.45 bits per heavy atom. The minimum atomic E-state index is -0.555. The zero-order valence-electron chi connectivity index (χ0n) is 13.8. The van der Waals surface area contributed by atoms with Crippen LogP contribution in [0.25, 0.3) is 0 Å². The van der Waals surface area contributed by atoms with Gasteiger partial charge in [-0.05, 0) is 38.3 Å². The number of amides is 2. The van der Waals surface area contributed by atoms with E-state index in [2.05, 4.69) is 10.6 Å². The number of hydrogen-bond donors (Lipinski definition) is 3. The standard InChI is InChI=1S/C17H27N3O2/c1-11(2)15(17(22)19-9-8-13(4)18)20-16(21)14-7-5-6-12(3)10-14/h5-7,10-11,13,15H,8-9,18H2,1-4H3,(H,19,22)(H,20,21). The Hall–Kier alpha value is -1.88. The van der Waals surface area contributed by atoms with Crippen molar-refractivity contribution in [3.05, 3.63) is 35.4 Å². The third-order valence-electron chi connectivity index (χ3n) is 3.41. The minimum absolute atomic E-state index is 0.00376. The molecular formula is C17H27N3O2. The third kappa shape index (κ3) is 5.85. The van der Waals surface area contributed by atoms with Gasteiger partial charge in [-0.15, -0.1) is 0 Å². The molecule has 0 radical (unpaired) electrons. The molecule has 0 saturated heterocycles. The fourth-order valence-electron chi connectivity index (χ4n) is 2.08. The molecule has 1 aromatic carbocycles. The van der Waals surface area contributed by atoms with Crippen molar-refractivity contribution in [3.8, 4) is 0 Å². The number of benzene rings is 1. The second-order valence-electron chi connectivity index (χ2n) is 6.12. The number of carbonyl (C=O) groups excluding carboxylic acids is 2. The summed E-state index contributed by atoms with van der Waals surface area (Å²) < 4.78 is 0. The maximum absolute atomic E-state index is 12.3. The summed E-state index contributed by atoms with van der Waals surface area (Å²) in [5.41, 5.74) is 7.24. The van der Waals surface area contributed by atoms with Gasteiger partial charge in [-0.25, -0.2) is 0 Å². The minimum Gasteiger partial charge on any atom is -0.354 e. The lowest BCUT2D eigenvalue weighted by Crippen LogP contribution is -2.50. The maximum atomic E-state index is 12.3. The van der Waals surface area contributed by atoms with Crippen molar-refractivity contribution in [3.63, 3.8) is 0 Å². The van der Waals surface area contributed by atoms with Crippen LogP contribution in [0.2, 0.25) is 0 Å². The van der Waals surface area contributed by atoms with Gasteiger partial charge in [-0.3, -0.25) is 9.59 Å². The molecule has 2 unspecified atom stereocenters. The van der Waals surface area contributed by atoms with E-state index in [0.717, 1.165) is 5.56 Å². The van der Waals surface area contributed by atoms with E-state index in [1.807, 2.05) is 39.8 Å². The van der Waals surface area contributed by atoms with Gasteiger partial charge < -0.3 is 16.4 Å². The summed E-state index contributed by atoms with van der Waals surface area (Å²) in [6, 6.07) is 6.80. The Morgan fingerprint density at radius 2 is 1.91 bits per heavy atom. The van der Waals surface area contributed by atoms with Gasteiger partial charge in [0.15, 0.2) is 0 Å². The van der Waals surface area contributed by atoms with Crippen molar-refractivity contribution in [2.75, 3.05) is 6.54 Å². The number of nitrogens with one attached hydrogen (secondary N) is 2. The summed E-state index contributed by atoms with van der Waals surface area (Å²) in [5.74, 6) is -0.398. The lowest BCUT2D eigenvalue weighted by molar-refractivity contribution is -0.123. The molecule has 5 heteroatoms. The molecule has 0 bridgehead atoms. The Labute approximate surface area is 132 Å². The molecule has 0 heterocycles. The first-order valence-electron chi connectivity index (χ1n) is 7.72. The van der Waals surface area contributed by atoms with E-state index in [4.69, 9.17) is 5.73 Å². The van der Waals surface area contributed by atoms with E-state index in [1.165, 1.54) is 0 Å². The highest BCUT2D eigenvalue weighted by molar-refractivity contribution is 5.97. The fourth-order valence-corrected chi connectivity index (χ4v) is 2.08. The second kappa shape index (κ2) is 8.54. The first-order valence-corrected chi connectivity index (χ1v) is 7.72. The molecule has 5 nitrogen and oxygen atoms in total. The average Bonchev–Trinajstić information content (AvgIpc) is 2.43. The summed E-state index contributed by atoms with van der Waals surface area (Å²) in [7, 11) is 0. The van der Waals surface area contributed by atoms with Crippen molar-refractivity contribution in [2.45, 2.75) is 46.2 Å². The lowest BCUT2D eigenvalue weighted by Gasteiger charge is -2.22. The Morgan fingerprint density at radius 1 is 1.23 bits per heavy atom. The maximum Gasteiger partial charge on any atom is 0.251 e. The van der Waals surface area contributed by atoms with Crippen LogP contribution >= 0.6 is 0 Å². The Kier molecular flexibility index (Phi) is 7.05. The predicted octanol–water partition coefficient (Wildman–Crippen LogP) is 1.60. The molecule has 2 atom stereocenters. The molecule has 2 amide bonds. The highest BCUT2D eigenvalue weighted by Crippen LogP contribution is 2.07. The quantitative estimate of drug-likeness (QED) is 0.715. The van der Waals surface area contributed by atoms with Crippen LogP contribution in [0.1, 0.15) is 43.1 Å². The lowest BCUT2D eigenvalue weighted by atomic mass is 10.0. The van der Waals surface area contributed by atoms with Gasteiger partial charge in [0.2, 0.25) is 5.91 Å². The molecule has 122 valence electrons. The third-order valence-corrected chi connectivity index (χ3v) is 3.41. The summed E-state index contributed by atoms with van der Waals surface area (Å²) in [4.78, 5) is 24.5. The molecule has 1 aromatic rings. The van der Waals surface area contributed by atoms with E-state index in [0.29, 0.717) is 18.5 Å². The SMILES string of the molecule is Cc1cccc(C(=O)NC(C(=O)NCCC(C)N)C(C)C)c1. The molecule has 0 fully saturated rings. The van der Waals surface area contributed by atoms with E-state index in [9.17, 15) is 9.59 Å². The van der Waals surface area contributed by atoms with Crippen molar-refractivity contribution in [1.82, 2.24) is 10.6 Å². The predicted molar refractivity (Wildman–Crippen MR) is 88.5 cm³/mol. The molecule has 0 aliphatic rings. The normalized spacial score (nSPS) is 13.5. The van der Waals surface area contributed by atoms with E-state index >= 15 is 0 Å². The van der Waals surface area contributed by atoms with Crippen LogP contribution in [0.3, 0.4) is 0 Å². The highest BCUT2D eigenvalue weighted by Gasteiger charge is 2.24. The first kappa shape index (κ1) is 18.2. The molecule has 1 rings (SSSR count). The summed E-state index contributed by atoms with van der Waals surface area (Å²) in [6.45, 7) is 8.15. The van der Waals surface area contributed by atoms with Crippen LogP contribution in [0.5, 0.6) is 0 Å². The summed E-state index contributed by atoms with van der Waals surface area (Å²) in [6.07, 6.45) is 0.711. The van der Waals surface area contributed by atoms with E-state index in [1.54, 1.807) is 12.1 Å². The van der Waals surface area contributed by atoms with Gasteiger partial charge in [0, 0.05) is 18.2 Å². The first-order chi connectivity index (χ1) is 10.3. The van der Waals surface area contributed by atoms with E-state index < -0.39 is 6.04 Å². The summed E-state index contributed by atoms with van der Waals surface area (Å²) in [5, 5.41) is 5.65. The fraction of sp³-hybridized carbons (Fsp3) is 0.529. The van der Waals surface area contributed by atoms with Crippen LogP contribution in [0.4, 0.5) is 0 Å². The number of carbonyl (C=O) groups is 2. The average molecular weight is 305 g/mol. The Bertz CT molecular complexity index is 512. The number of aryl methyl sites for hydroxylation is 1. The van der Waals surface area contributed by atoms with Crippen LogP contribution in [0, 0.1) is 12.8 Å². The second-order valence-corrected chi connectivity index (χ2v) is 6.12. The zero-order valence-corrected chi connectivity index (χ0v) is 13.8. The van der Waals surface area contributed by atoms with Crippen LogP contribution in [-0.4, -0.2) is 30.4 Å². The van der Waals surface area contributed by atoms with Gasteiger partial charge in [0.1, 0.15) is 6.04 Å². The van der Waals surface area contributed by atoms with Gasteiger partial charge in [0.05, 0.1) is 0 Å². The van der Waals surface area contributed by atoms with Crippen LogP contribution in [-0.2, 0) is 4.79 Å². The number of hydrogen-bond acceptors (Lipinski definition) is 3. The van der Waals surface area contributed by atoms with Gasteiger partial charge in [0.25, 0.3) is 5.91 Å². The molecule has 0 aliphatic carbocycles. The largest absolute Gasteiger partial charge is 0.354 e. The monoisotopic (exact) mass is 305 g/mol. The van der Waals surface area contributed by atoms with Gasteiger partial charge in [-0.2, -0.15) is 0 Å². The van der Waals surface area contributed by atoms with E-state index in [-0.39, 0.29) is 23.8 Å². The summed E-state index contributed by atoms with van der Waals surface area (Å²) >= 11 is 0. The van der Waals surface area contributed by atoms with Crippen molar-refractivity contribution in [2.24, 2.45) is 11.7 Å². The molecule has 4 N–H and O–H groups in total. The van der Waals surface area contributed by atoms with Gasteiger partial charge >= 0.3 is 0 Å².